The van der Waals surface area contributed by atoms with Gasteiger partial charge in [-0.25, -0.2) is 41.9 Å². The van der Waals surface area contributed by atoms with Crippen molar-refractivity contribution in [1.29, 1.82) is 0 Å². The summed E-state index contributed by atoms with van der Waals surface area (Å²) < 4.78 is 54.5. The molecule has 0 saturated carbocycles. The van der Waals surface area contributed by atoms with Crippen molar-refractivity contribution in [3.05, 3.63) is 180 Å². The monoisotopic (exact) mass is 838 g/mol. The summed E-state index contributed by atoms with van der Waals surface area (Å²) in [7, 11) is 0. The molecule has 0 radical (unpaired) electrons. The molecule has 0 aromatic heterocycles. The van der Waals surface area contributed by atoms with Crippen LogP contribution in [-0.4, -0.2) is 24.9 Å². The Kier molecular flexibility index (Phi) is 21.9. The molecule has 0 unspecified atom stereocenters. The summed E-state index contributed by atoms with van der Waals surface area (Å²) in [4.78, 5) is 28.2. The predicted molar refractivity (Wildman–Crippen MR) is 227 cm³/mol. The molecule has 0 spiro atoms. The van der Waals surface area contributed by atoms with Gasteiger partial charge in [0.05, 0.1) is 0 Å². The van der Waals surface area contributed by atoms with E-state index in [1.165, 1.54) is 21.9 Å². The molecule has 2 aliphatic carbocycles. The Morgan fingerprint density at radius 2 is 0.915 bits per heavy atom. The first-order valence-electron chi connectivity index (χ1n) is 19.5. The van der Waals surface area contributed by atoms with Gasteiger partial charge in [0.2, 0.25) is 11.8 Å². The average molecular weight is 839 g/mol. The van der Waals surface area contributed by atoms with Crippen LogP contribution in [0.4, 0.5) is 28.9 Å². The Labute approximate surface area is 364 Å². The summed E-state index contributed by atoms with van der Waals surface area (Å²) in [6, 6.07) is 28.7. The molecule has 0 aliphatic heterocycles. The van der Waals surface area contributed by atoms with Crippen LogP contribution in [0.1, 0.15) is 78.4 Å². The zero-order valence-corrected chi connectivity index (χ0v) is 36.5. The molecule has 0 heterocycles. The number of benzene rings is 4. The summed E-state index contributed by atoms with van der Waals surface area (Å²) in [6.45, 7) is 11.4. The Balaban J connectivity index is 0.000000323. The number of hydrogen-bond acceptors (Lipinski definition) is 2. The van der Waals surface area contributed by atoms with Crippen LogP contribution in [0.5, 0.6) is 0 Å². The van der Waals surface area contributed by atoms with E-state index in [4.69, 9.17) is 0 Å². The van der Waals surface area contributed by atoms with Crippen molar-refractivity contribution >= 4 is 23.2 Å². The second kappa shape index (κ2) is 25.6. The van der Waals surface area contributed by atoms with Crippen molar-refractivity contribution in [1.82, 2.24) is 0 Å². The third-order valence-corrected chi connectivity index (χ3v) is 8.59. The molecule has 4 nitrogen and oxygen atoms in total. The van der Waals surface area contributed by atoms with Crippen molar-refractivity contribution in [2.75, 3.05) is 22.9 Å². The largest absolute Gasteiger partial charge is 4.00 e. The smallest absolute Gasteiger partial charge is 0.363 e. The van der Waals surface area contributed by atoms with E-state index in [9.17, 15) is 27.2 Å². The van der Waals surface area contributed by atoms with E-state index in [0.717, 1.165) is 48.9 Å². The zero-order chi connectivity index (χ0) is 42.6. The molecule has 0 saturated heterocycles. The van der Waals surface area contributed by atoms with Gasteiger partial charge in [-0.2, -0.15) is 12.2 Å². The van der Waals surface area contributed by atoms with E-state index < -0.39 is 34.1 Å². The van der Waals surface area contributed by atoms with Crippen molar-refractivity contribution in [2.45, 2.75) is 80.1 Å². The van der Waals surface area contributed by atoms with Crippen molar-refractivity contribution in [2.24, 2.45) is 10.8 Å². The molecular weight excluding hydrogens is 784 g/mol. The van der Waals surface area contributed by atoms with E-state index in [2.05, 4.69) is 24.3 Å². The maximum absolute atomic E-state index is 14.1. The predicted octanol–water partition coefficient (Wildman–Crippen LogP) is 12.2. The number of hydrogen-bond donors (Lipinski definition) is 0. The number of rotatable bonds is 10. The van der Waals surface area contributed by atoms with Gasteiger partial charge in [-0.1, -0.05) is 102 Å². The van der Waals surface area contributed by atoms with E-state index in [1.807, 2.05) is 97.1 Å². The van der Waals surface area contributed by atoms with Gasteiger partial charge < -0.3 is 9.80 Å². The van der Waals surface area contributed by atoms with Crippen LogP contribution >= 0.6 is 0 Å². The zero-order valence-electron chi connectivity index (χ0n) is 34.9. The Bertz CT molecular complexity index is 1830. The van der Waals surface area contributed by atoms with Crippen LogP contribution in [0.2, 0.25) is 0 Å². The fraction of sp³-hybridized carbons (Fsp3) is 0.320. The van der Waals surface area contributed by atoms with Gasteiger partial charge in [-0.05, 0) is 48.2 Å². The molecule has 0 N–H and O–H groups in total. The van der Waals surface area contributed by atoms with Gasteiger partial charge in [0, 0.05) is 47.2 Å². The molecule has 59 heavy (non-hydrogen) atoms. The first-order chi connectivity index (χ1) is 27.6. The molecule has 6 rings (SSSR count). The van der Waals surface area contributed by atoms with Crippen molar-refractivity contribution in [3.8, 4) is 0 Å². The number of anilines is 2. The second-order valence-corrected chi connectivity index (χ2v) is 15.6. The van der Waals surface area contributed by atoms with Crippen LogP contribution in [0.3, 0.4) is 0 Å². The number of carbonyl (C=O) groups excluding carboxylic acids is 2. The fourth-order valence-electron chi connectivity index (χ4n) is 5.61. The third-order valence-electron chi connectivity index (χ3n) is 8.59. The van der Waals surface area contributed by atoms with E-state index in [1.54, 1.807) is 41.5 Å². The molecule has 0 bridgehead atoms. The molecule has 4 aromatic carbocycles. The number of aryl methyl sites for hydroxylation is 2. The Morgan fingerprint density at radius 1 is 0.559 bits per heavy atom. The third kappa shape index (κ3) is 18.3. The van der Waals surface area contributed by atoms with Crippen LogP contribution in [0.15, 0.2) is 121 Å². The number of allylic oxidation sites excluding steroid dienone is 8. The number of nitrogens with zero attached hydrogens (tertiary/aromatic N) is 2. The molecule has 0 atom stereocenters. The first-order valence-corrected chi connectivity index (χ1v) is 19.5. The van der Waals surface area contributed by atoms with Gasteiger partial charge in [0.25, 0.3) is 0 Å². The normalized spacial score (nSPS) is 12.2. The fourth-order valence-corrected chi connectivity index (χ4v) is 5.61. The average Bonchev–Trinajstić information content (AvgIpc) is 3.97. The quantitative estimate of drug-likeness (QED) is 0.0907. The van der Waals surface area contributed by atoms with Crippen LogP contribution < -0.4 is 9.80 Å². The van der Waals surface area contributed by atoms with Crippen molar-refractivity contribution in [3.63, 3.8) is 0 Å². The number of halogens is 4. The first kappa shape index (κ1) is 50.4. The van der Waals surface area contributed by atoms with Gasteiger partial charge in [-0.3, -0.25) is 21.7 Å². The molecule has 4 aromatic rings. The standard InChI is InChI=1S/2C20H22F2NO.2C5H5.Ti/c2*1-20(2,3)19(24)23(18-12-11-16(21)14-17(18)22)13-7-10-15-8-5-4-6-9-15;2*1-2-4-5-3-1;/h2*4-6,8-9,11-12H,7,10,13H2,1-3H3;2*1-3H,4H2;/q4*-1;+4. The molecule has 9 heteroatoms. The molecule has 2 aliphatic rings. The van der Waals surface area contributed by atoms with Crippen LogP contribution in [0, 0.1) is 58.4 Å². The van der Waals surface area contributed by atoms with Crippen LogP contribution in [0.25, 0.3) is 0 Å². The topological polar surface area (TPSA) is 40.6 Å². The maximum atomic E-state index is 14.1. The summed E-state index contributed by atoms with van der Waals surface area (Å²) in [5, 5.41) is 0. The summed E-state index contributed by atoms with van der Waals surface area (Å²) in [5.41, 5.74) is 1.15. The van der Waals surface area contributed by atoms with E-state index in [-0.39, 0.29) is 44.9 Å². The Hall–Kier alpha value is -4.79. The van der Waals surface area contributed by atoms with Gasteiger partial charge in [0.1, 0.15) is 0 Å². The molecule has 0 fully saturated rings. The molecule has 308 valence electrons. The summed E-state index contributed by atoms with van der Waals surface area (Å²) >= 11 is 0. The van der Waals surface area contributed by atoms with Gasteiger partial charge in [-0.15, -0.1) is 49.2 Å². The minimum atomic E-state index is -0.840. The van der Waals surface area contributed by atoms with Crippen molar-refractivity contribution < 1.29 is 48.9 Å². The molecule has 2 amide bonds. The minimum Gasteiger partial charge on any atom is -0.363 e. The van der Waals surface area contributed by atoms with E-state index in [0.29, 0.717) is 25.9 Å². The van der Waals surface area contributed by atoms with E-state index >= 15 is 0 Å². The SMILES string of the molecule is CC(C)(C)C(=O)N(CCCc1ccccc1)c1ccc(F)[c-]c1F.CC(C)(C)C(=O)N(CCCc1ccccc1)c1ccc(F)[c-]c1F.[C-]1=CC=CC1.[C-]1=CC=CC1.[Ti+4]. The number of amides is 2. The summed E-state index contributed by atoms with van der Waals surface area (Å²) in [6.07, 6.45) is 22.9. The minimum absolute atomic E-state index is 0. The van der Waals surface area contributed by atoms with Crippen LogP contribution in [-0.2, 0) is 44.1 Å². The maximum Gasteiger partial charge on any atom is 4.00 e. The van der Waals surface area contributed by atoms with Gasteiger partial charge in [0.15, 0.2) is 0 Å². The molecular formula is C50H54F4N2O2Ti. The Morgan fingerprint density at radius 3 is 1.17 bits per heavy atom. The second-order valence-electron chi connectivity index (χ2n) is 15.6. The van der Waals surface area contributed by atoms with Gasteiger partial charge >= 0.3 is 21.7 Å². The number of carbonyl (C=O) groups is 2. The summed E-state index contributed by atoms with van der Waals surface area (Å²) in [5.74, 6) is -3.63.